The van der Waals surface area contributed by atoms with Crippen LogP contribution in [0, 0.1) is 0 Å². The smallest absolute Gasteiger partial charge is 0.326 e. The summed E-state index contributed by atoms with van der Waals surface area (Å²) in [6, 6.07) is -13.4. The van der Waals surface area contributed by atoms with Gasteiger partial charge in [0.2, 0.25) is 59.1 Å². The summed E-state index contributed by atoms with van der Waals surface area (Å²) in [6.07, 6.45) is -1.63. The molecule has 0 spiro atoms. The van der Waals surface area contributed by atoms with Gasteiger partial charge in [0, 0.05) is 52.1 Å². The lowest BCUT2D eigenvalue weighted by Crippen LogP contribution is -2.60. The normalized spacial score (nSPS) is 13.6. The molecule has 42 nitrogen and oxygen atoms in total. The number of carboxylic acids is 1. The Morgan fingerprint density at radius 2 is 0.479 bits per heavy atom. The van der Waals surface area contributed by atoms with E-state index in [2.05, 4.69) is 72.5 Å². The van der Waals surface area contributed by atoms with Crippen LogP contribution >= 0.6 is 0 Å². The third kappa shape index (κ3) is 40.5. The van der Waals surface area contributed by atoms with Gasteiger partial charge in [-0.15, -0.1) is 0 Å². The van der Waals surface area contributed by atoms with Gasteiger partial charge in [-0.25, -0.2) is 4.79 Å². The lowest BCUT2D eigenvalue weighted by molar-refractivity contribution is -0.142. The first-order valence-electron chi connectivity index (χ1n) is 30.3. The molecular formula is C52H102N30O12. The second-order valence-electron chi connectivity index (χ2n) is 21.4. The number of carbonyl (C=O) groups is 11. The molecule has 532 valence electrons. The Balaban J connectivity index is 7.47. The quantitative estimate of drug-likeness (QED) is 0.0153. The summed E-state index contributed by atoms with van der Waals surface area (Å²) >= 11 is 0. The van der Waals surface area contributed by atoms with E-state index in [9.17, 15) is 57.8 Å². The summed E-state index contributed by atoms with van der Waals surface area (Å²) in [7, 11) is 0. The molecule has 0 heterocycles. The van der Waals surface area contributed by atoms with Crippen LogP contribution in [0.4, 0.5) is 0 Å². The number of guanidine groups is 6. The van der Waals surface area contributed by atoms with Crippen LogP contribution in [0.3, 0.4) is 0 Å². The Bertz CT molecular complexity index is 2630. The topological polar surface area (TPSA) is 795 Å². The van der Waals surface area contributed by atoms with Crippen molar-refractivity contribution < 1.29 is 57.8 Å². The molecule has 42 heteroatoms. The molecule has 0 fully saturated rings. The molecule has 0 aliphatic rings. The number of primary amides is 2. The minimum Gasteiger partial charge on any atom is -0.480 e. The van der Waals surface area contributed by atoms with E-state index in [4.69, 9.17) is 91.7 Å². The molecule has 0 aromatic carbocycles. The molecule has 41 N–H and O–H groups in total. The molecule has 0 saturated heterocycles. The zero-order valence-corrected chi connectivity index (χ0v) is 52.9. The lowest BCUT2D eigenvalue weighted by atomic mass is 10.0. The zero-order chi connectivity index (χ0) is 71.3. The first-order valence-corrected chi connectivity index (χ1v) is 30.3. The monoisotopic (exact) mass is 1340 g/mol. The third-order valence-electron chi connectivity index (χ3n) is 13.4. The summed E-state index contributed by atoms with van der Waals surface area (Å²) < 4.78 is 0. The molecule has 0 bridgehead atoms. The number of hydrogen-bond donors (Lipinski definition) is 25. The average Bonchev–Trinajstić information content (AvgIpc) is 0.918. The fraction of sp³-hybridized carbons (Fsp3) is 0.673. The average molecular weight is 1340 g/mol. The Morgan fingerprint density at radius 1 is 0.277 bits per heavy atom. The minimum absolute atomic E-state index is 0.00851. The highest BCUT2D eigenvalue weighted by atomic mass is 16.4. The third-order valence-corrected chi connectivity index (χ3v) is 13.4. The Kier molecular flexibility index (Phi) is 42.4. The van der Waals surface area contributed by atoms with Crippen molar-refractivity contribution in [2.24, 2.45) is 122 Å². The zero-order valence-electron chi connectivity index (χ0n) is 52.9. The van der Waals surface area contributed by atoms with Gasteiger partial charge in [-0.05, 0) is 116 Å². The predicted octanol–water partition coefficient (Wildman–Crippen LogP) is -11.7. The molecule has 0 unspecified atom stereocenters. The van der Waals surface area contributed by atoms with Crippen molar-refractivity contribution in [3.8, 4) is 0 Å². The highest BCUT2D eigenvalue weighted by Gasteiger charge is 2.35. The fourth-order valence-corrected chi connectivity index (χ4v) is 8.56. The Hall–Kier alpha value is -10.3. The maximum absolute atomic E-state index is 14.6. The van der Waals surface area contributed by atoms with Crippen LogP contribution in [-0.2, 0) is 52.7 Å². The van der Waals surface area contributed by atoms with Crippen molar-refractivity contribution in [2.75, 3.05) is 45.8 Å². The predicted molar refractivity (Wildman–Crippen MR) is 350 cm³/mol. The molecule has 10 amide bonds. The van der Waals surface area contributed by atoms with E-state index in [0.29, 0.717) is 6.42 Å². The van der Waals surface area contributed by atoms with E-state index in [-0.39, 0.29) is 184 Å². The van der Waals surface area contributed by atoms with Crippen LogP contribution in [0.5, 0.6) is 0 Å². The molecule has 0 aromatic rings. The summed E-state index contributed by atoms with van der Waals surface area (Å²) in [6.45, 7) is 0.0885. The number of amides is 10. The van der Waals surface area contributed by atoms with Gasteiger partial charge >= 0.3 is 5.97 Å². The SMILES string of the molecule is NCCCC[C@H](NC(=O)[C@H](CCC(N)=O)NC(=O)[C@H](N)CCCN=C(N)N)C(=O)N[C@@H](CCCN=C(N)N)C(=O)N[C@H](CCCN=C(N)N)C(=O)N[C@@H](CCC(N)=O)C(=O)N[C@@H](CCCN=C(N)N)C(=O)N[C@@H](CCCN=C(N)N)C(=O)N[C@H](CCCN=C(N)N)C(=O)O. The Labute approximate surface area is 543 Å². The van der Waals surface area contributed by atoms with E-state index in [1.165, 1.54) is 0 Å². The second-order valence-corrected chi connectivity index (χ2v) is 21.4. The van der Waals surface area contributed by atoms with E-state index >= 15 is 0 Å². The molecule has 0 aliphatic carbocycles. The van der Waals surface area contributed by atoms with Crippen molar-refractivity contribution in [1.82, 2.24) is 42.5 Å². The molecule has 94 heavy (non-hydrogen) atoms. The van der Waals surface area contributed by atoms with Crippen LogP contribution < -0.4 is 134 Å². The van der Waals surface area contributed by atoms with Gasteiger partial charge in [-0.1, -0.05) is 0 Å². The number of aliphatic imine (C=N–C) groups is 6. The summed E-state index contributed by atoms with van der Waals surface area (Å²) in [5.41, 5.74) is 88.4. The van der Waals surface area contributed by atoms with E-state index in [1.54, 1.807) is 0 Å². The molecule has 0 aliphatic heterocycles. The van der Waals surface area contributed by atoms with Crippen molar-refractivity contribution in [1.29, 1.82) is 0 Å². The number of rotatable bonds is 51. The summed E-state index contributed by atoms with van der Waals surface area (Å²) in [5, 5.41) is 30.2. The summed E-state index contributed by atoms with van der Waals surface area (Å²) in [4.78, 5) is 173. The van der Waals surface area contributed by atoms with E-state index in [0.717, 1.165) is 0 Å². The maximum atomic E-state index is 14.6. The highest BCUT2D eigenvalue weighted by Crippen LogP contribution is 2.12. The standard InChI is InChI=1S/C52H102N30O12/c53-20-2-1-10-28(76-44(91)33(16-18-36(55)83)75-38(85)27(54)9-3-21-69-47(57)58)39(86)77-29(11-4-22-70-48(59)60)40(87)78-31(13-6-24-72-50(63)64)42(89)81-34(17-19-37(56)84)45(92)80-30(12-5-23-71-49(61)62)41(88)79-32(14-7-25-73-51(65)66)43(90)82-35(46(93)94)15-8-26-74-52(67)68/h27-35H,1-26,53-54H2,(H2,55,83)(H2,56,84)(H,75,85)(H,76,91)(H,77,86)(H,78,87)(H,79,88)(H,80,92)(H,81,89)(H,82,90)(H,93,94)(H4,57,58,69)(H4,59,60,70)(H4,61,62,71)(H4,63,64,72)(H4,65,66,73)(H4,67,68,74)/t27-,28+,29+,30+,31-,32+,33+,34+,35-/m1/s1. The molecule has 9 atom stereocenters. The van der Waals surface area contributed by atoms with E-state index < -0.39 is 132 Å². The van der Waals surface area contributed by atoms with Crippen LogP contribution in [0.25, 0.3) is 0 Å². The summed E-state index contributed by atoms with van der Waals surface area (Å²) in [5.74, 6) is -12.5. The van der Waals surface area contributed by atoms with Gasteiger partial charge in [0.25, 0.3) is 0 Å². The molecule has 0 radical (unpaired) electrons. The van der Waals surface area contributed by atoms with Crippen LogP contribution in [0.1, 0.15) is 122 Å². The Morgan fingerprint density at radius 3 is 0.702 bits per heavy atom. The second kappa shape index (κ2) is 47.6. The maximum Gasteiger partial charge on any atom is 0.326 e. The van der Waals surface area contributed by atoms with Gasteiger partial charge in [0.1, 0.15) is 48.3 Å². The van der Waals surface area contributed by atoms with Crippen molar-refractivity contribution in [3.05, 3.63) is 0 Å². The first kappa shape index (κ1) is 83.7. The molecule has 0 rings (SSSR count). The van der Waals surface area contributed by atoms with Gasteiger partial charge in [0.15, 0.2) is 35.8 Å². The number of unbranched alkanes of at least 4 members (excludes halogenated alkanes) is 1. The van der Waals surface area contributed by atoms with Gasteiger partial charge < -0.3 is 139 Å². The molecular weight excluding hydrogens is 1240 g/mol. The number of hydrogen-bond acceptors (Lipinski definition) is 19. The number of nitrogens with two attached hydrogens (primary N) is 16. The number of nitrogens with one attached hydrogen (secondary N) is 8. The highest BCUT2D eigenvalue weighted by molar-refractivity contribution is 5.98. The van der Waals surface area contributed by atoms with Crippen molar-refractivity contribution in [3.63, 3.8) is 0 Å². The van der Waals surface area contributed by atoms with Gasteiger partial charge in [-0.3, -0.25) is 77.9 Å². The van der Waals surface area contributed by atoms with Crippen molar-refractivity contribution in [2.45, 2.75) is 176 Å². The largest absolute Gasteiger partial charge is 0.480 e. The van der Waals surface area contributed by atoms with E-state index in [1.807, 2.05) is 0 Å². The van der Waals surface area contributed by atoms with Crippen molar-refractivity contribution >= 4 is 101 Å². The van der Waals surface area contributed by atoms with Crippen LogP contribution in [0.15, 0.2) is 30.0 Å². The van der Waals surface area contributed by atoms with Crippen LogP contribution in [-0.4, -0.2) is 206 Å². The van der Waals surface area contributed by atoms with Crippen LogP contribution in [0.2, 0.25) is 0 Å². The fourth-order valence-electron chi connectivity index (χ4n) is 8.56. The lowest BCUT2D eigenvalue weighted by Gasteiger charge is -2.28. The van der Waals surface area contributed by atoms with Gasteiger partial charge in [0.05, 0.1) is 6.04 Å². The first-order chi connectivity index (χ1) is 44.3. The number of carboxylic acid groups (broad SMARTS) is 1. The number of aliphatic carboxylic acids is 1. The number of carbonyl (C=O) groups excluding carboxylic acids is 10. The van der Waals surface area contributed by atoms with Gasteiger partial charge in [-0.2, -0.15) is 0 Å². The minimum atomic E-state index is -1.71. The molecule has 0 saturated carbocycles. The number of nitrogens with zero attached hydrogens (tertiary/aromatic N) is 6. The molecule has 0 aromatic heterocycles.